The lowest BCUT2D eigenvalue weighted by Gasteiger charge is -2.34. The molecule has 4 rings (SSSR count). The molecule has 148 valence electrons. The molecular weight excluding hydrogens is 354 g/mol. The predicted molar refractivity (Wildman–Crippen MR) is 107 cm³/mol. The number of aromatic nitrogens is 2. The molecule has 7 nitrogen and oxygen atoms in total. The van der Waals surface area contributed by atoms with Gasteiger partial charge < -0.3 is 15.4 Å². The van der Waals surface area contributed by atoms with Gasteiger partial charge in [0.05, 0.1) is 12.8 Å². The Balaban J connectivity index is 1.44. The summed E-state index contributed by atoms with van der Waals surface area (Å²) in [6.45, 7) is 6.61. The van der Waals surface area contributed by atoms with Crippen LogP contribution < -0.4 is 10.6 Å². The van der Waals surface area contributed by atoms with Crippen LogP contribution in [0, 0.1) is 13.8 Å². The quantitative estimate of drug-likeness (QED) is 0.788. The standard InChI is InChI=1S/C21H27N5O2/c1-13-6-14(2)8-16(7-13)24-21-23-10-15-11-26(12-19(15)25-21)17-4-5-22-18(9-17)20(27)28-3/h6-8,10,17-18,22H,4-5,9,11-12H2,1-3H3,(H,23,24,25)/t17-,18+/m0/s1. The van der Waals surface area contributed by atoms with Crippen LogP contribution in [0.2, 0.25) is 0 Å². The maximum Gasteiger partial charge on any atom is 0.322 e. The zero-order valence-corrected chi connectivity index (χ0v) is 16.7. The van der Waals surface area contributed by atoms with Crippen molar-refractivity contribution in [3.8, 4) is 0 Å². The number of fused-ring (bicyclic) bond motifs is 1. The number of carbonyl (C=O) groups is 1. The molecule has 7 heteroatoms. The average molecular weight is 381 g/mol. The second-order valence-corrected chi connectivity index (χ2v) is 7.78. The van der Waals surface area contributed by atoms with Crippen molar-refractivity contribution in [3.05, 3.63) is 46.8 Å². The molecule has 0 spiro atoms. The Morgan fingerprint density at radius 2 is 2.04 bits per heavy atom. The van der Waals surface area contributed by atoms with Crippen LogP contribution in [0.5, 0.6) is 0 Å². The Morgan fingerprint density at radius 1 is 1.25 bits per heavy atom. The molecule has 1 fully saturated rings. The van der Waals surface area contributed by atoms with E-state index in [4.69, 9.17) is 9.72 Å². The highest BCUT2D eigenvalue weighted by atomic mass is 16.5. The van der Waals surface area contributed by atoms with Gasteiger partial charge in [-0.05, 0) is 56.5 Å². The number of anilines is 2. The highest BCUT2D eigenvalue weighted by Gasteiger charge is 2.34. The van der Waals surface area contributed by atoms with Crippen molar-refractivity contribution >= 4 is 17.6 Å². The number of aryl methyl sites for hydroxylation is 2. The number of nitrogens with one attached hydrogen (secondary N) is 2. The summed E-state index contributed by atoms with van der Waals surface area (Å²) < 4.78 is 4.90. The van der Waals surface area contributed by atoms with Crippen LogP contribution in [0.25, 0.3) is 0 Å². The highest BCUT2D eigenvalue weighted by Crippen LogP contribution is 2.28. The summed E-state index contributed by atoms with van der Waals surface area (Å²) in [5.74, 6) is 0.449. The monoisotopic (exact) mass is 381 g/mol. The van der Waals surface area contributed by atoms with E-state index in [2.05, 4.69) is 52.6 Å². The number of carbonyl (C=O) groups excluding carboxylic acids is 1. The first-order valence-corrected chi connectivity index (χ1v) is 9.77. The van der Waals surface area contributed by atoms with Gasteiger partial charge in [0.15, 0.2) is 0 Å². The molecule has 3 heterocycles. The van der Waals surface area contributed by atoms with Crippen LogP contribution in [0.15, 0.2) is 24.4 Å². The number of ether oxygens (including phenoxy) is 1. The van der Waals surface area contributed by atoms with E-state index in [-0.39, 0.29) is 12.0 Å². The minimum Gasteiger partial charge on any atom is -0.468 e. The second kappa shape index (κ2) is 7.85. The smallest absolute Gasteiger partial charge is 0.322 e. The zero-order chi connectivity index (χ0) is 19.7. The number of hydrogen-bond donors (Lipinski definition) is 2. The Morgan fingerprint density at radius 3 is 2.79 bits per heavy atom. The van der Waals surface area contributed by atoms with Gasteiger partial charge in [-0.2, -0.15) is 0 Å². The van der Waals surface area contributed by atoms with E-state index in [9.17, 15) is 4.79 Å². The number of methoxy groups -OCH3 is 1. The van der Waals surface area contributed by atoms with Crippen molar-refractivity contribution in [2.45, 2.75) is 51.9 Å². The first-order chi connectivity index (χ1) is 13.5. The molecule has 0 unspecified atom stereocenters. The number of benzene rings is 1. The van der Waals surface area contributed by atoms with Gasteiger partial charge in [-0.1, -0.05) is 6.07 Å². The minimum absolute atomic E-state index is 0.180. The largest absolute Gasteiger partial charge is 0.468 e. The van der Waals surface area contributed by atoms with Crippen LogP contribution in [0.3, 0.4) is 0 Å². The molecule has 1 aromatic carbocycles. The summed E-state index contributed by atoms with van der Waals surface area (Å²) in [5, 5.41) is 6.58. The zero-order valence-electron chi connectivity index (χ0n) is 16.7. The fourth-order valence-corrected chi connectivity index (χ4v) is 4.22. The molecule has 0 bridgehead atoms. The molecule has 0 saturated carbocycles. The van der Waals surface area contributed by atoms with Gasteiger partial charge in [0.2, 0.25) is 5.95 Å². The Kier molecular flexibility index (Phi) is 5.28. The van der Waals surface area contributed by atoms with Crippen LogP contribution >= 0.6 is 0 Å². The van der Waals surface area contributed by atoms with Crippen molar-refractivity contribution in [2.24, 2.45) is 0 Å². The average Bonchev–Trinajstić information content (AvgIpc) is 3.10. The number of hydrogen-bond acceptors (Lipinski definition) is 7. The van der Waals surface area contributed by atoms with Crippen molar-refractivity contribution in [1.82, 2.24) is 20.2 Å². The minimum atomic E-state index is -0.222. The van der Waals surface area contributed by atoms with Crippen LogP contribution in [-0.2, 0) is 22.6 Å². The summed E-state index contributed by atoms with van der Waals surface area (Å²) in [6, 6.07) is 6.46. The van der Waals surface area contributed by atoms with E-state index in [1.54, 1.807) is 0 Å². The van der Waals surface area contributed by atoms with E-state index in [0.29, 0.717) is 12.0 Å². The normalized spacial score (nSPS) is 22.0. The number of rotatable bonds is 4. The van der Waals surface area contributed by atoms with Crippen LogP contribution in [0.4, 0.5) is 11.6 Å². The molecule has 2 aromatic rings. The Labute approximate surface area is 165 Å². The van der Waals surface area contributed by atoms with Crippen molar-refractivity contribution in [1.29, 1.82) is 0 Å². The summed E-state index contributed by atoms with van der Waals surface area (Å²) in [5.41, 5.74) is 5.66. The highest BCUT2D eigenvalue weighted by molar-refractivity contribution is 5.75. The van der Waals surface area contributed by atoms with Crippen LogP contribution in [-0.4, -0.2) is 46.6 Å². The molecule has 2 atom stereocenters. The van der Waals surface area contributed by atoms with Crippen molar-refractivity contribution < 1.29 is 9.53 Å². The van der Waals surface area contributed by atoms with Gasteiger partial charge in [0.1, 0.15) is 6.04 Å². The lowest BCUT2D eigenvalue weighted by molar-refractivity contribution is -0.144. The van der Waals surface area contributed by atoms with E-state index in [1.807, 2.05) is 6.20 Å². The molecule has 0 amide bonds. The van der Waals surface area contributed by atoms with E-state index < -0.39 is 0 Å². The van der Waals surface area contributed by atoms with E-state index >= 15 is 0 Å². The first kappa shape index (κ1) is 18.8. The van der Waals surface area contributed by atoms with Gasteiger partial charge in [-0.25, -0.2) is 9.97 Å². The Bertz CT molecular complexity index is 865. The summed E-state index contributed by atoms with van der Waals surface area (Å²) in [4.78, 5) is 23.5. The Hall–Kier alpha value is -2.51. The second-order valence-electron chi connectivity index (χ2n) is 7.78. The summed E-state index contributed by atoms with van der Waals surface area (Å²) in [7, 11) is 1.44. The molecule has 1 aromatic heterocycles. The van der Waals surface area contributed by atoms with Crippen molar-refractivity contribution in [2.75, 3.05) is 19.0 Å². The third kappa shape index (κ3) is 4.00. The topological polar surface area (TPSA) is 79.4 Å². The summed E-state index contributed by atoms with van der Waals surface area (Å²) >= 11 is 0. The SMILES string of the molecule is COC(=O)[C@H]1C[C@@H](N2Cc3cnc(Nc4cc(C)cc(C)c4)nc3C2)CCN1. The number of nitrogens with zero attached hydrogens (tertiary/aromatic N) is 3. The number of piperidine rings is 1. The summed E-state index contributed by atoms with van der Waals surface area (Å²) in [6.07, 6.45) is 3.70. The molecule has 2 aliphatic rings. The van der Waals surface area contributed by atoms with Gasteiger partial charge in [-0.15, -0.1) is 0 Å². The van der Waals surface area contributed by atoms with Gasteiger partial charge in [-0.3, -0.25) is 9.69 Å². The molecule has 2 aliphatic heterocycles. The number of esters is 1. The molecule has 1 saturated heterocycles. The third-order valence-corrected chi connectivity index (χ3v) is 5.54. The molecule has 28 heavy (non-hydrogen) atoms. The van der Waals surface area contributed by atoms with Crippen LogP contribution in [0.1, 0.15) is 35.2 Å². The molecule has 0 aliphatic carbocycles. The lowest BCUT2D eigenvalue weighted by Crippen LogP contribution is -2.50. The predicted octanol–water partition coefficient (Wildman–Crippen LogP) is 2.45. The van der Waals surface area contributed by atoms with E-state index in [1.165, 1.54) is 23.8 Å². The third-order valence-electron chi connectivity index (χ3n) is 5.54. The molecule has 2 N–H and O–H groups in total. The maximum atomic E-state index is 11.9. The lowest BCUT2D eigenvalue weighted by atomic mass is 9.98. The van der Waals surface area contributed by atoms with E-state index in [0.717, 1.165) is 43.9 Å². The van der Waals surface area contributed by atoms with Gasteiger partial charge in [0, 0.05) is 36.6 Å². The maximum absolute atomic E-state index is 11.9. The van der Waals surface area contributed by atoms with Gasteiger partial charge in [0.25, 0.3) is 0 Å². The fraction of sp³-hybridized carbons (Fsp3) is 0.476. The molecule has 0 radical (unpaired) electrons. The van der Waals surface area contributed by atoms with Crippen molar-refractivity contribution in [3.63, 3.8) is 0 Å². The van der Waals surface area contributed by atoms with Gasteiger partial charge >= 0.3 is 5.97 Å². The molecular formula is C21H27N5O2. The fourth-order valence-electron chi connectivity index (χ4n) is 4.22. The first-order valence-electron chi connectivity index (χ1n) is 9.77.